The van der Waals surface area contributed by atoms with Crippen LogP contribution in [0.15, 0.2) is 69.5 Å². The Morgan fingerprint density at radius 2 is 1.19 bits per heavy atom. The molecule has 4 aromatic rings. The topological polar surface area (TPSA) is 145 Å². The quantitative estimate of drug-likeness (QED) is 0.248. The fraction of sp³-hybridized carbons (Fsp3) is 0.111. The van der Waals surface area contributed by atoms with Crippen molar-refractivity contribution in [3.8, 4) is 46.5 Å². The monoisotopic (exact) mass is 487 g/mol. The van der Waals surface area contributed by atoms with Crippen molar-refractivity contribution in [2.24, 2.45) is 0 Å². The van der Waals surface area contributed by atoms with E-state index in [0.717, 1.165) is 0 Å². The summed E-state index contributed by atoms with van der Waals surface area (Å²) in [5.74, 6) is 1.49. The van der Waals surface area contributed by atoms with Crippen molar-refractivity contribution >= 4 is 11.9 Å². The standard InChI is InChI=1S/C27H21NO8/c1-2-11-28(14-18-5-9-24(35-18)16-3-7-22(29)20(12-16)26(31)32)15-19-6-10-25(36-19)17-4-8-23(30)21(13-17)27(33)34/h1,3-10,12-13,29-30H,11,14-15H2,(H,31,32)(H,33,34). The smallest absolute Gasteiger partial charge is 0.339 e. The second-order valence-electron chi connectivity index (χ2n) is 7.96. The molecule has 9 nitrogen and oxygen atoms in total. The number of benzene rings is 2. The van der Waals surface area contributed by atoms with Crippen LogP contribution < -0.4 is 0 Å². The van der Waals surface area contributed by atoms with Crippen LogP contribution in [0.5, 0.6) is 11.5 Å². The maximum atomic E-state index is 11.3. The molecular weight excluding hydrogens is 466 g/mol. The second-order valence-corrected chi connectivity index (χ2v) is 7.96. The van der Waals surface area contributed by atoms with Crippen molar-refractivity contribution in [2.75, 3.05) is 6.54 Å². The van der Waals surface area contributed by atoms with Crippen LogP contribution in [0.3, 0.4) is 0 Å². The summed E-state index contributed by atoms with van der Waals surface area (Å²) in [5.41, 5.74) is 0.560. The molecule has 0 radical (unpaired) electrons. The van der Waals surface area contributed by atoms with Gasteiger partial charge >= 0.3 is 11.9 Å². The van der Waals surface area contributed by atoms with Crippen LogP contribution in [0.1, 0.15) is 32.2 Å². The van der Waals surface area contributed by atoms with Crippen LogP contribution in [0.2, 0.25) is 0 Å². The Labute approximate surface area is 205 Å². The molecule has 4 rings (SSSR count). The molecule has 0 saturated carbocycles. The third-order valence-corrected chi connectivity index (χ3v) is 5.42. The lowest BCUT2D eigenvalue weighted by Gasteiger charge is -2.17. The minimum atomic E-state index is -1.24. The molecule has 4 N–H and O–H groups in total. The lowest BCUT2D eigenvalue weighted by molar-refractivity contribution is 0.0682. The molecule has 36 heavy (non-hydrogen) atoms. The highest BCUT2D eigenvalue weighted by molar-refractivity contribution is 5.93. The lowest BCUT2D eigenvalue weighted by atomic mass is 10.1. The number of hydrogen-bond acceptors (Lipinski definition) is 7. The zero-order chi connectivity index (χ0) is 25.8. The van der Waals surface area contributed by atoms with Crippen LogP contribution in [-0.2, 0) is 13.1 Å². The SMILES string of the molecule is C#CCN(Cc1ccc(-c2ccc(O)c(C(=O)O)c2)o1)Cc1ccc(-c2ccc(O)c(C(=O)O)c2)o1. The summed E-state index contributed by atoms with van der Waals surface area (Å²) in [6.45, 7) is 0.968. The first-order valence-electron chi connectivity index (χ1n) is 10.7. The van der Waals surface area contributed by atoms with E-state index in [1.807, 2.05) is 4.90 Å². The van der Waals surface area contributed by atoms with Crippen LogP contribution >= 0.6 is 0 Å². The number of nitrogens with zero attached hydrogens (tertiary/aromatic N) is 1. The first-order valence-corrected chi connectivity index (χ1v) is 10.7. The summed E-state index contributed by atoms with van der Waals surface area (Å²) in [7, 11) is 0. The van der Waals surface area contributed by atoms with Crippen LogP contribution in [0, 0.1) is 12.3 Å². The van der Waals surface area contributed by atoms with Crippen LogP contribution in [0.25, 0.3) is 22.6 Å². The molecule has 0 saturated heterocycles. The van der Waals surface area contributed by atoms with E-state index in [9.17, 15) is 30.0 Å². The van der Waals surface area contributed by atoms with Crippen molar-refractivity contribution in [2.45, 2.75) is 13.1 Å². The molecule has 0 aliphatic rings. The molecule has 0 atom stereocenters. The Morgan fingerprint density at radius 1 is 0.750 bits per heavy atom. The second kappa shape index (κ2) is 10.1. The lowest BCUT2D eigenvalue weighted by Crippen LogP contribution is -2.22. The van der Waals surface area contributed by atoms with Gasteiger partial charge in [0.05, 0.1) is 19.6 Å². The minimum Gasteiger partial charge on any atom is -0.507 e. The number of rotatable bonds is 9. The molecular formula is C27H21NO8. The number of phenols is 2. The Morgan fingerprint density at radius 3 is 1.58 bits per heavy atom. The summed E-state index contributed by atoms with van der Waals surface area (Å²) in [6, 6.07) is 15.3. The van der Waals surface area contributed by atoms with Gasteiger partial charge in [0.15, 0.2) is 0 Å². The number of aromatic hydroxyl groups is 2. The van der Waals surface area contributed by atoms with E-state index in [2.05, 4.69) is 5.92 Å². The van der Waals surface area contributed by atoms with Gasteiger partial charge in [0.2, 0.25) is 0 Å². The molecule has 0 spiro atoms. The largest absolute Gasteiger partial charge is 0.507 e. The van der Waals surface area contributed by atoms with E-state index in [-0.39, 0.29) is 29.2 Å². The van der Waals surface area contributed by atoms with E-state index in [1.165, 1.54) is 24.3 Å². The molecule has 2 aromatic carbocycles. The summed E-state index contributed by atoms with van der Waals surface area (Å²) in [4.78, 5) is 24.5. The molecule has 0 aliphatic carbocycles. The normalized spacial score (nSPS) is 10.9. The Kier molecular flexibility index (Phi) is 6.81. The van der Waals surface area contributed by atoms with Crippen molar-refractivity contribution in [3.63, 3.8) is 0 Å². The number of furan rings is 2. The number of carboxylic acid groups (broad SMARTS) is 2. The molecule has 2 aromatic heterocycles. The zero-order valence-corrected chi connectivity index (χ0v) is 18.8. The molecule has 0 bridgehead atoms. The average Bonchev–Trinajstić information content (AvgIpc) is 3.49. The number of aromatic carboxylic acids is 2. The van der Waals surface area contributed by atoms with E-state index in [1.54, 1.807) is 36.4 Å². The van der Waals surface area contributed by atoms with E-state index >= 15 is 0 Å². The van der Waals surface area contributed by atoms with Crippen LogP contribution in [0.4, 0.5) is 0 Å². The summed E-state index contributed by atoms with van der Waals surface area (Å²) in [5, 5.41) is 37.9. The molecule has 0 aliphatic heterocycles. The van der Waals surface area contributed by atoms with Gasteiger partial charge < -0.3 is 29.3 Å². The highest BCUT2D eigenvalue weighted by atomic mass is 16.4. The maximum Gasteiger partial charge on any atom is 0.339 e. The van der Waals surface area contributed by atoms with Gasteiger partial charge in [-0.15, -0.1) is 6.42 Å². The molecule has 9 heteroatoms. The number of carboxylic acids is 2. The Balaban J connectivity index is 1.50. The first kappa shape index (κ1) is 24.2. The van der Waals surface area contributed by atoms with Gasteiger partial charge in [-0.05, 0) is 60.7 Å². The number of hydrogen-bond donors (Lipinski definition) is 4. The fourth-order valence-corrected chi connectivity index (χ4v) is 3.69. The zero-order valence-electron chi connectivity index (χ0n) is 18.8. The maximum absolute atomic E-state index is 11.3. The van der Waals surface area contributed by atoms with Gasteiger partial charge in [-0.3, -0.25) is 4.90 Å². The minimum absolute atomic E-state index is 0.225. The molecule has 2 heterocycles. The van der Waals surface area contributed by atoms with Crippen molar-refractivity contribution in [1.29, 1.82) is 0 Å². The van der Waals surface area contributed by atoms with Gasteiger partial charge in [0.1, 0.15) is 45.7 Å². The van der Waals surface area contributed by atoms with E-state index in [0.29, 0.717) is 47.3 Å². The predicted octanol–water partition coefficient (Wildman–Crippen LogP) is 4.65. The van der Waals surface area contributed by atoms with E-state index in [4.69, 9.17) is 15.3 Å². The van der Waals surface area contributed by atoms with Crippen molar-refractivity contribution < 1.29 is 38.8 Å². The highest BCUT2D eigenvalue weighted by Crippen LogP contribution is 2.30. The Hall–Kier alpha value is -4.94. The molecule has 0 unspecified atom stereocenters. The average molecular weight is 487 g/mol. The fourth-order valence-electron chi connectivity index (χ4n) is 3.69. The van der Waals surface area contributed by atoms with Gasteiger partial charge in [-0.25, -0.2) is 9.59 Å². The summed E-state index contributed by atoms with van der Waals surface area (Å²) >= 11 is 0. The third kappa shape index (κ3) is 5.24. The van der Waals surface area contributed by atoms with Gasteiger partial charge in [-0.1, -0.05) is 5.92 Å². The summed E-state index contributed by atoms with van der Waals surface area (Å²) in [6.07, 6.45) is 5.54. The molecule has 182 valence electrons. The number of carbonyl (C=O) groups is 2. The number of terminal acetylenes is 1. The molecule has 0 fully saturated rings. The van der Waals surface area contributed by atoms with Crippen molar-refractivity contribution in [3.05, 3.63) is 83.3 Å². The Bertz CT molecular complexity index is 1370. The van der Waals surface area contributed by atoms with Gasteiger partial charge in [-0.2, -0.15) is 0 Å². The van der Waals surface area contributed by atoms with Crippen LogP contribution in [-0.4, -0.2) is 43.8 Å². The third-order valence-electron chi connectivity index (χ3n) is 5.42. The predicted molar refractivity (Wildman–Crippen MR) is 128 cm³/mol. The van der Waals surface area contributed by atoms with Gasteiger partial charge in [0, 0.05) is 11.1 Å². The van der Waals surface area contributed by atoms with E-state index < -0.39 is 11.9 Å². The molecule has 0 amide bonds. The highest BCUT2D eigenvalue weighted by Gasteiger charge is 2.17. The first-order chi connectivity index (χ1) is 17.2. The van der Waals surface area contributed by atoms with Gasteiger partial charge in [0.25, 0.3) is 0 Å². The van der Waals surface area contributed by atoms with Crippen molar-refractivity contribution in [1.82, 2.24) is 4.90 Å². The summed E-state index contributed by atoms with van der Waals surface area (Å²) < 4.78 is 11.8.